The predicted octanol–water partition coefficient (Wildman–Crippen LogP) is 3.47. The molecule has 2 aromatic rings. The normalized spacial score (nSPS) is 11.4. The van der Waals surface area contributed by atoms with Gasteiger partial charge in [0.05, 0.1) is 11.1 Å². The number of rotatable bonds is 3. The number of benzene rings is 2. The van der Waals surface area contributed by atoms with Gasteiger partial charge in [0.25, 0.3) is 5.91 Å². The van der Waals surface area contributed by atoms with Crippen LogP contribution in [0.3, 0.4) is 0 Å². The highest BCUT2D eigenvalue weighted by atomic mass is 35.5. The molecule has 0 radical (unpaired) electrons. The van der Waals surface area contributed by atoms with Gasteiger partial charge in [0.1, 0.15) is 11.9 Å². The highest BCUT2D eigenvalue weighted by molar-refractivity contribution is 6.30. The summed E-state index contributed by atoms with van der Waals surface area (Å²) in [6.45, 7) is 0. The minimum absolute atomic E-state index is 0.0542. The Morgan fingerprint density at radius 2 is 1.95 bits per heavy atom. The van der Waals surface area contributed by atoms with Crippen molar-refractivity contribution in [3.8, 4) is 6.07 Å². The van der Waals surface area contributed by atoms with Gasteiger partial charge in [-0.2, -0.15) is 5.26 Å². The number of nitrogens with one attached hydrogen (secondary N) is 1. The summed E-state index contributed by atoms with van der Waals surface area (Å²) < 4.78 is 13.3. The molecular formula is C15H10ClFN2O. The van der Waals surface area contributed by atoms with Crippen LogP contribution in [0.4, 0.5) is 4.39 Å². The van der Waals surface area contributed by atoms with Crippen molar-refractivity contribution in [2.75, 3.05) is 0 Å². The van der Waals surface area contributed by atoms with Crippen LogP contribution in [0.15, 0.2) is 48.5 Å². The molecule has 0 aromatic heterocycles. The molecule has 0 fully saturated rings. The van der Waals surface area contributed by atoms with Crippen molar-refractivity contribution in [2.24, 2.45) is 0 Å². The molecule has 0 aliphatic heterocycles. The fraction of sp³-hybridized carbons (Fsp3) is 0.0667. The van der Waals surface area contributed by atoms with Crippen LogP contribution in [-0.4, -0.2) is 5.91 Å². The first-order chi connectivity index (χ1) is 9.61. The van der Waals surface area contributed by atoms with Gasteiger partial charge in [-0.3, -0.25) is 4.79 Å². The molecule has 1 amide bonds. The quantitative estimate of drug-likeness (QED) is 0.940. The molecule has 2 aromatic carbocycles. The summed E-state index contributed by atoms with van der Waals surface area (Å²) in [5.74, 6) is -1.21. The molecule has 20 heavy (non-hydrogen) atoms. The second-order valence-electron chi connectivity index (χ2n) is 4.08. The van der Waals surface area contributed by atoms with Gasteiger partial charge >= 0.3 is 0 Å². The highest BCUT2D eigenvalue weighted by Gasteiger charge is 2.15. The van der Waals surface area contributed by atoms with Crippen molar-refractivity contribution >= 4 is 17.5 Å². The lowest BCUT2D eigenvalue weighted by atomic mass is 10.1. The summed E-state index contributed by atoms with van der Waals surface area (Å²) in [5.41, 5.74) is 0.779. The lowest BCUT2D eigenvalue weighted by molar-refractivity contribution is 0.0944. The fourth-order valence-corrected chi connectivity index (χ4v) is 1.80. The standard InChI is InChI=1S/C15H10ClFN2O/c16-12-7-6-11(8-13(12)17)15(20)19-14(9-18)10-4-2-1-3-5-10/h1-8,14H,(H,19,20). The summed E-state index contributed by atoms with van der Waals surface area (Å²) in [5, 5.41) is 11.6. The molecule has 1 unspecified atom stereocenters. The van der Waals surface area contributed by atoms with Crippen LogP contribution in [0.5, 0.6) is 0 Å². The Morgan fingerprint density at radius 3 is 2.55 bits per heavy atom. The predicted molar refractivity (Wildman–Crippen MR) is 73.7 cm³/mol. The van der Waals surface area contributed by atoms with Crippen molar-refractivity contribution in [2.45, 2.75) is 6.04 Å². The third-order valence-corrected chi connectivity index (χ3v) is 3.03. The van der Waals surface area contributed by atoms with Crippen LogP contribution in [0.1, 0.15) is 22.0 Å². The van der Waals surface area contributed by atoms with E-state index in [2.05, 4.69) is 5.32 Å². The van der Waals surface area contributed by atoms with Gasteiger partial charge < -0.3 is 5.32 Å². The molecule has 0 saturated heterocycles. The summed E-state index contributed by atoms with van der Waals surface area (Å²) in [6.07, 6.45) is 0. The Hall–Kier alpha value is -2.38. The maximum atomic E-state index is 13.3. The molecule has 3 nitrogen and oxygen atoms in total. The first kappa shape index (κ1) is 14.0. The fourth-order valence-electron chi connectivity index (χ4n) is 1.69. The van der Waals surface area contributed by atoms with Crippen LogP contribution in [0.2, 0.25) is 5.02 Å². The van der Waals surface area contributed by atoms with E-state index >= 15 is 0 Å². The van der Waals surface area contributed by atoms with Crippen molar-refractivity contribution < 1.29 is 9.18 Å². The third-order valence-electron chi connectivity index (χ3n) is 2.72. The molecule has 2 rings (SSSR count). The largest absolute Gasteiger partial charge is 0.332 e. The average molecular weight is 289 g/mol. The number of nitriles is 1. The number of halogens is 2. The van der Waals surface area contributed by atoms with Crippen molar-refractivity contribution in [1.82, 2.24) is 5.32 Å². The highest BCUT2D eigenvalue weighted by Crippen LogP contribution is 2.17. The maximum Gasteiger partial charge on any atom is 0.252 e. The van der Waals surface area contributed by atoms with Gasteiger partial charge in [-0.15, -0.1) is 0 Å². The molecule has 0 aliphatic rings. The van der Waals surface area contributed by atoms with Crippen molar-refractivity contribution in [1.29, 1.82) is 5.26 Å². The molecular weight excluding hydrogens is 279 g/mol. The van der Waals surface area contributed by atoms with Crippen LogP contribution in [0.25, 0.3) is 0 Å². The monoisotopic (exact) mass is 288 g/mol. The molecule has 0 spiro atoms. The molecule has 0 aliphatic carbocycles. The zero-order valence-electron chi connectivity index (χ0n) is 10.3. The molecule has 0 bridgehead atoms. The van der Waals surface area contributed by atoms with E-state index in [1.165, 1.54) is 12.1 Å². The van der Waals surface area contributed by atoms with Gasteiger partial charge in [0, 0.05) is 5.56 Å². The summed E-state index contributed by atoms with van der Waals surface area (Å²) in [4.78, 5) is 12.0. The molecule has 1 atom stereocenters. The summed E-state index contributed by atoms with van der Waals surface area (Å²) in [6, 6.07) is 13.8. The molecule has 5 heteroatoms. The van der Waals surface area contributed by atoms with E-state index in [1.807, 2.05) is 12.1 Å². The summed E-state index contributed by atoms with van der Waals surface area (Å²) >= 11 is 5.56. The lowest BCUT2D eigenvalue weighted by Gasteiger charge is -2.12. The lowest BCUT2D eigenvalue weighted by Crippen LogP contribution is -2.27. The number of nitrogens with zero attached hydrogens (tertiary/aromatic N) is 1. The van der Waals surface area contributed by atoms with Crippen molar-refractivity contribution in [3.63, 3.8) is 0 Å². The van der Waals surface area contributed by atoms with E-state index in [-0.39, 0.29) is 10.6 Å². The second kappa shape index (κ2) is 6.18. The molecule has 0 saturated carbocycles. The van der Waals surface area contributed by atoms with Crippen LogP contribution >= 0.6 is 11.6 Å². The van der Waals surface area contributed by atoms with Gasteiger partial charge in [-0.1, -0.05) is 41.9 Å². The number of hydrogen-bond acceptors (Lipinski definition) is 2. The zero-order chi connectivity index (χ0) is 14.5. The van der Waals surface area contributed by atoms with E-state index < -0.39 is 17.8 Å². The van der Waals surface area contributed by atoms with E-state index in [4.69, 9.17) is 16.9 Å². The Bertz CT molecular complexity index is 667. The van der Waals surface area contributed by atoms with E-state index in [0.717, 1.165) is 6.07 Å². The average Bonchev–Trinajstić information content (AvgIpc) is 2.48. The molecule has 0 heterocycles. The Kier molecular flexibility index (Phi) is 4.34. The second-order valence-corrected chi connectivity index (χ2v) is 4.48. The van der Waals surface area contributed by atoms with E-state index in [9.17, 15) is 9.18 Å². The zero-order valence-corrected chi connectivity index (χ0v) is 11.1. The first-order valence-corrected chi connectivity index (χ1v) is 6.20. The van der Waals surface area contributed by atoms with Crippen LogP contribution < -0.4 is 5.32 Å². The first-order valence-electron chi connectivity index (χ1n) is 5.82. The van der Waals surface area contributed by atoms with Crippen LogP contribution in [-0.2, 0) is 0 Å². The Morgan fingerprint density at radius 1 is 1.25 bits per heavy atom. The van der Waals surface area contributed by atoms with Crippen LogP contribution in [0, 0.1) is 17.1 Å². The molecule has 100 valence electrons. The Balaban J connectivity index is 2.18. The van der Waals surface area contributed by atoms with E-state index in [1.54, 1.807) is 24.3 Å². The van der Waals surface area contributed by atoms with Gasteiger partial charge in [-0.05, 0) is 23.8 Å². The smallest absolute Gasteiger partial charge is 0.252 e. The van der Waals surface area contributed by atoms with Gasteiger partial charge in [0.15, 0.2) is 0 Å². The topological polar surface area (TPSA) is 52.9 Å². The number of carbonyl (C=O) groups excluding carboxylic acids is 1. The third kappa shape index (κ3) is 3.14. The van der Waals surface area contributed by atoms with E-state index in [0.29, 0.717) is 5.56 Å². The van der Waals surface area contributed by atoms with Gasteiger partial charge in [0.2, 0.25) is 0 Å². The molecule has 1 N–H and O–H groups in total. The number of amides is 1. The SMILES string of the molecule is N#CC(NC(=O)c1ccc(Cl)c(F)c1)c1ccccc1. The summed E-state index contributed by atoms with van der Waals surface area (Å²) in [7, 11) is 0. The number of hydrogen-bond donors (Lipinski definition) is 1. The van der Waals surface area contributed by atoms with Crippen molar-refractivity contribution in [3.05, 3.63) is 70.5 Å². The maximum absolute atomic E-state index is 13.3. The Labute approximate surface area is 120 Å². The minimum Gasteiger partial charge on any atom is -0.332 e. The van der Waals surface area contributed by atoms with Gasteiger partial charge in [-0.25, -0.2) is 4.39 Å². The number of carbonyl (C=O) groups is 1. The minimum atomic E-state index is -0.789.